The molecule has 0 saturated carbocycles. The van der Waals surface area contributed by atoms with Crippen LogP contribution in [0.2, 0.25) is 0 Å². The maximum Gasteiger partial charge on any atom is 0.182 e. The lowest BCUT2D eigenvalue weighted by Crippen LogP contribution is -2.05. The van der Waals surface area contributed by atoms with E-state index in [1.165, 1.54) is 18.6 Å². The molecule has 1 heterocycles. The van der Waals surface area contributed by atoms with Gasteiger partial charge in [0.1, 0.15) is 6.07 Å². The zero-order valence-electron chi connectivity index (χ0n) is 10.7. The van der Waals surface area contributed by atoms with E-state index in [1.807, 2.05) is 6.07 Å². The van der Waals surface area contributed by atoms with Gasteiger partial charge in [-0.1, -0.05) is 12.1 Å². The molecule has 1 aromatic carbocycles. The molecule has 1 aromatic heterocycles. The summed E-state index contributed by atoms with van der Waals surface area (Å²) >= 11 is 0. The maximum absolute atomic E-state index is 11.3. The van der Waals surface area contributed by atoms with Crippen LogP contribution in [0.4, 0.5) is 5.82 Å². The van der Waals surface area contributed by atoms with Crippen LogP contribution >= 0.6 is 0 Å². The summed E-state index contributed by atoms with van der Waals surface area (Å²) in [5.74, 6) is 0.405. The number of benzene rings is 1. The second kappa shape index (κ2) is 5.67. The van der Waals surface area contributed by atoms with E-state index in [0.29, 0.717) is 12.4 Å². The van der Waals surface area contributed by atoms with Crippen molar-refractivity contribution in [3.05, 3.63) is 47.9 Å². The molecule has 0 bridgehead atoms. The van der Waals surface area contributed by atoms with E-state index < -0.39 is 9.84 Å². The van der Waals surface area contributed by atoms with Gasteiger partial charge >= 0.3 is 0 Å². The number of sulfone groups is 1. The fraction of sp³-hybridized carbons (Fsp3) is 0.154. The highest BCUT2D eigenvalue weighted by atomic mass is 32.2. The monoisotopic (exact) mass is 288 g/mol. The Bertz CT molecular complexity index is 749. The van der Waals surface area contributed by atoms with Gasteiger partial charge in [-0.2, -0.15) is 5.26 Å². The van der Waals surface area contributed by atoms with E-state index in [-0.39, 0.29) is 10.6 Å². The molecular formula is C13H12N4O2S. The van der Waals surface area contributed by atoms with Crippen LogP contribution in [0.15, 0.2) is 41.6 Å². The molecule has 0 aliphatic rings. The van der Waals surface area contributed by atoms with Crippen LogP contribution in [-0.2, 0) is 16.4 Å². The van der Waals surface area contributed by atoms with Crippen molar-refractivity contribution in [2.75, 3.05) is 11.6 Å². The third kappa shape index (κ3) is 3.30. The van der Waals surface area contributed by atoms with Crippen LogP contribution in [0, 0.1) is 11.3 Å². The highest BCUT2D eigenvalue weighted by Crippen LogP contribution is 2.12. The van der Waals surface area contributed by atoms with Gasteiger partial charge < -0.3 is 5.32 Å². The molecule has 20 heavy (non-hydrogen) atoms. The van der Waals surface area contributed by atoms with Crippen molar-refractivity contribution in [2.24, 2.45) is 0 Å². The number of hydrogen-bond donors (Lipinski definition) is 1. The van der Waals surface area contributed by atoms with E-state index in [2.05, 4.69) is 15.3 Å². The highest BCUT2D eigenvalue weighted by molar-refractivity contribution is 7.90. The maximum atomic E-state index is 11.3. The number of aromatic nitrogens is 2. The third-order valence-corrected chi connectivity index (χ3v) is 3.74. The predicted molar refractivity (Wildman–Crippen MR) is 73.6 cm³/mol. The van der Waals surface area contributed by atoms with E-state index in [0.717, 1.165) is 5.56 Å². The normalized spacial score (nSPS) is 10.8. The molecule has 0 fully saturated rings. The minimum Gasteiger partial charge on any atom is -0.364 e. The Morgan fingerprint density at radius 2 is 1.85 bits per heavy atom. The van der Waals surface area contributed by atoms with Crippen molar-refractivity contribution in [3.63, 3.8) is 0 Å². The molecule has 0 atom stereocenters. The van der Waals surface area contributed by atoms with Crippen molar-refractivity contribution >= 4 is 15.7 Å². The van der Waals surface area contributed by atoms with Crippen LogP contribution in [0.5, 0.6) is 0 Å². The Hall–Kier alpha value is -2.46. The van der Waals surface area contributed by atoms with Gasteiger partial charge in [0.25, 0.3) is 0 Å². The minimum atomic E-state index is -3.18. The predicted octanol–water partition coefficient (Wildman–Crippen LogP) is 1.36. The molecule has 7 heteroatoms. The first-order valence-corrected chi connectivity index (χ1v) is 7.64. The smallest absolute Gasteiger partial charge is 0.182 e. The Morgan fingerprint density at radius 1 is 1.20 bits per heavy atom. The molecule has 2 rings (SSSR count). The van der Waals surface area contributed by atoms with Gasteiger partial charge in [0, 0.05) is 25.2 Å². The van der Waals surface area contributed by atoms with Crippen LogP contribution in [0.3, 0.4) is 0 Å². The van der Waals surface area contributed by atoms with Gasteiger partial charge in [0.05, 0.1) is 4.90 Å². The summed E-state index contributed by atoms with van der Waals surface area (Å²) in [6.07, 6.45) is 4.11. The highest BCUT2D eigenvalue weighted by Gasteiger charge is 2.07. The zero-order chi connectivity index (χ0) is 14.6. The SMILES string of the molecule is CS(=O)(=O)c1ccc(CNc2nccnc2C#N)cc1. The van der Waals surface area contributed by atoms with Crippen molar-refractivity contribution in [1.29, 1.82) is 5.26 Å². The van der Waals surface area contributed by atoms with Crippen LogP contribution in [0.1, 0.15) is 11.3 Å². The summed E-state index contributed by atoms with van der Waals surface area (Å²) in [5, 5.41) is 11.9. The Kier molecular flexibility index (Phi) is 3.96. The molecule has 0 spiro atoms. The first-order valence-electron chi connectivity index (χ1n) is 5.74. The van der Waals surface area contributed by atoms with E-state index >= 15 is 0 Å². The summed E-state index contributed by atoms with van der Waals surface area (Å²) in [6, 6.07) is 8.47. The molecule has 2 aromatic rings. The molecule has 102 valence electrons. The number of rotatable bonds is 4. The Morgan fingerprint density at radius 3 is 2.45 bits per heavy atom. The lowest BCUT2D eigenvalue weighted by Gasteiger charge is -2.07. The van der Waals surface area contributed by atoms with Crippen molar-refractivity contribution < 1.29 is 8.42 Å². The van der Waals surface area contributed by atoms with Crippen LogP contribution in [0.25, 0.3) is 0 Å². The topological polar surface area (TPSA) is 95.7 Å². The largest absolute Gasteiger partial charge is 0.364 e. The van der Waals surface area contributed by atoms with Gasteiger partial charge in [-0.15, -0.1) is 0 Å². The van der Waals surface area contributed by atoms with Gasteiger partial charge in [-0.05, 0) is 17.7 Å². The van der Waals surface area contributed by atoms with Gasteiger partial charge in [0.2, 0.25) is 0 Å². The summed E-state index contributed by atoms with van der Waals surface area (Å²) in [7, 11) is -3.18. The molecule has 0 aliphatic heterocycles. The van der Waals surface area contributed by atoms with Crippen LogP contribution in [-0.4, -0.2) is 24.6 Å². The zero-order valence-corrected chi connectivity index (χ0v) is 11.6. The molecule has 0 unspecified atom stereocenters. The summed E-state index contributed by atoms with van der Waals surface area (Å²) in [5.41, 5.74) is 1.10. The summed E-state index contributed by atoms with van der Waals surface area (Å²) in [6.45, 7) is 0.428. The second-order valence-corrected chi connectivity index (χ2v) is 6.15. The Balaban J connectivity index is 2.10. The van der Waals surface area contributed by atoms with Gasteiger partial charge in [0.15, 0.2) is 21.3 Å². The quantitative estimate of drug-likeness (QED) is 0.912. The molecule has 0 radical (unpaired) electrons. The van der Waals surface area contributed by atoms with E-state index in [9.17, 15) is 8.42 Å². The third-order valence-electron chi connectivity index (χ3n) is 2.62. The number of nitrogens with one attached hydrogen (secondary N) is 1. The number of nitrogens with zero attached hydrogens (tertiary/aromatic N) is 3. The van der Waals surface area contributed by atoms with Crippen LogP contribution < -0.4 is 5.32 Å². The average molecular weight is 288 g/mol. The molecule has 0 aliphatic carbocycles. The molecule has 6 nitrogen and oxygen atoms in total. The van der Waals surface area contributed by atoms with Gasteiger partial charge in [-0.3, -0.25) is 0 Å². The van der Waals surface area contributed by atoms with Crippen molar-refractivity contribution in [1.82, 2.24) is 9.97 Å². The average Bonchev–Trinajstić information content (AvgIpc) is 2.45. The number of anilines is 1. The first kappa shape index (κ1) is 14.0. The van der Waals surface area contributed by atoms with Gasteiger partial charge in [-0.25, -0.2) is 18.4 Å². The lowest BCUT2D eigenvalue weighted by molar-refractivity contribution is 0.602. The minimum absolute atomic E-state index is 0.222. The van der Waals surface area contributed by atoms with E-state index in [4.69, 9.17) is 5.26 Å². The molecule has 1 N–H and O–H groups in total. The first-order chi connectivity index (χ1) is 9.50. The molecular weight excluding hydrogens is 276 g/mol. The standard InChI is InChI=1S/C13H12N4O2S/c1-20(18,19)11-4-2-10(3-5-11)9-17-13-12(8-14)15-6-7-16-13/h2-7H,9H2,1H3,(H,16,17). The fourth-order valence-corrected chi connectivity index (χ4v) is 2.22. The van der Waals surface area contributed by atoms with Crippen molar-refractivity contribution in [2.45, 2.75) is 11.4 Å². The summed E-state index contributed by atoms with van der Waals surface area (Å²) < 4.78 is 22.7. The van der Waals surface area contributed by atoms with Crippen molar-refractivity contribution in [3.8, 4) is 6.07 Å². The Labute approximate surface area is 117 Å². The number of nitriles is 1. The molecule has 0 saturated heterocycles. The fourth-order valence-electron chi connectivity index (χ4n) is 1.59. The lowest BCUT2D eigenvalue weighted by atomic mass is 10.2. The number of hydrogen-bond acceptors (Lipinski definition) is 6. The summed E-state index contributed by atoms with van der Waals surface area (Å²) in [4.78, 5) is 8.20. The van der Waals surface area contributed by atoms with E-state index in [1.54, 1.807) is 24.3 Å². The molecule has 0 amide bonds. The second-order valence-electron chi connectivity index (χ2n) is 4.14.